The van der Waals surface area contributed by atoms with Gasteiger partial charge in [-0.3, -0.25) is 4.90 Å². The van der Waals surface area contributed by atoms with E-state index in [0.29, 0.717) is 36.1 Å². The Labute approximate surface area is 208 Å². The first-order chi connectivity index (χ1) is 17.6. The summed E-state index contributed by atoms with van der Waals surface area (Å²) in [6, 6.07) is 24.5. The van der Waals surface area contributed by atoms with Crippen molar-refractivity contribution in [3.63, 3.8) is 0 Å². The van der Waals surface area contributed by atoms with Gasteiger partial charge in [0.1, 0.15) is 11.6 Å². The predicted octanol–water partition coefficient (Wildman–Crippen LogP) is 5.35. The Morgan fingerprint density at radius 2 is 1.78 bits per heavy atom. The van der Waals surface area contributed by atoms with Crippen molar-refractivity contribution in [1.29, 1.82) is 5.41 Å². The van der Waals surface area contributed by atoms with Crippen molar-refractivity contribution in [2.45, 2.75) is 13.1 Å². The largest absolute Gasteiger partial charge is 0.415 e. The maximum absolute atomic E-state index is 12.6. The van der Waals surface area contributed by atoms with E-state index in [9.17, 15) is 4.79 Å². The molecule has 0 fully saturated rings. The van der Waals surface area contributed by atoms with E-state index >= 15 is 0 Å². The first kappa shape index (κ1) is 22.8. The molecule has 4 N–H and O–H groups in total. The van der Waals surface area contributed by atoms with Crippen LogP contribution in [-0.2, 0) is 13.1 Å². The number of hydrogen-bond acceptors (Lipinski definition) is 7. The van der Waals surface area contributed by atoms with Gasteiger partial charge in [0.25, 0.3) is 0 Å². The van der Waals surface area contributed by atoms with Crippen LogP contribution in [0.1, 0.15) is 16.7 Å². The SMILES string of the molecule is N=C/C(=C\N)c1ccc(Nc2ccnc(-c3ccc4c(c3)CN(C(=O)Oc3ccccc3)C4)n2)cc1. The quantitative estimate of drug-likeness (QED) is 0.323. The Morgan fingerprint density at radius 1 is 1.00 bits per heavy atom. The predicted molar refractivity (Wildman–Crippen MR) is 140 cm³/mol. The van der Waals surface area contributed by atoms with Crippen molar-refractivity contribution in [3.8, 4) is 17.1 Å². The molecule has 8 nitrogen and oxygen atoms in total. The molecule has 3 aromatic carbocycles. The molecule has 36 heavy (non-hydrogen) atoms. The Morgan fingerprint density at radius 3 is 2.53 bits per heavy atom. The van der Waals surface area contributed by atoms with Gasteiger partial charge < -0.3 is 21.2 Å². The number of benzene rings is 3. The molecule has 5 rings (SSSR count). The van der Waals surface area contributed by atoms with Crippen LogP contribution in [0.15, 0.2) is 91.3 Å². The summed E-state index contributed by atoms with van der Waals surface area (Å²) in [4.78, 5) is 23.4. The Bertz CT molecular complexity index is 1430. The number of nitrogens with two attached hydrogens (primary N) is 1. The molecule has 1 aliphatic heterocycles. The fourth-order valence-corrected chi connectivity index (χ4v) is 4.01. The van der Waals surface area contributed by atoms with E-state index in [2.05, 4.69) is 15.3 Å². The molecule has 0 atom stereocenters. The highest BCUT2D eigenvalue weighted by Crippen LogP contribution is 2.29. The number of carbonyl (C=O) groups is 1. The minimum atomic E-state index is -0.373. The lowest BCUT2D eigenvalue weighted by molar-refractivity contribution is 0.152. The van der Waals surface area contributed by atoms with Gasteiger partial charge in [-0.1, -0.05) is 42.5 Å². The second kappa shape index (κ2) is 10.1. The first-order valence-corrected chi connectivity index (χ1v) is 11.4. The lowest BCUT2D eigenvalue weighted by Gasteiger charge is -2.14. The monoisotopic (exact) mass is 476 g/mol. The van der Waals surface area contributed by atoms with E-state index in [0.717, 1.165) is 27.9 Å². The molecular formula is C28H24N6O2. The smallest absolute Gasteiger partial charge is 0.410 e. The summed E-state index contributed by atoms with van der Waals surface area (Å²) in [6.07, 6.45) is 3.97. The van der Waals surface area contributed by atoms with Crippen LogP contribution in [0.25, 0.3) is 17.0 Å². The van der Waals surface area contributed by atoms with Crippen LogP contribution >= 0.6 is 0 Å². The zero-order chi connectivity index (χ0) is 24.9. The zero-order valence-electron chi connectivity index (χ0n) is 19.4. The number of nitrogens with zero attached hydrogens (tertiary/aromatic N) is 3. The van der Waals surface area contributed by atoms with E-state index in [1.165, 1.54) is 12.4 Å². The maximum atomic E-state index is 12.6. The van der Waals surface area contributed by atoms with Crippen molar-refractivity contribution < 1.29 is 9.53 Å². The third-order valence-corrected chi connectivity index (χ3v) is 5.87. The zero-order valence-corrected chi connectivity index (χ0v) is 19.4. The van der Waals surface area contributed by atoms with Gasteiger partial charge in [-0.05, 0) is 53.1 Å². The van der Waals surface area contributed by atoms with Gasteiger partial charge in [0.15, 0.2) is 5.82 Å². The van der Waals surface area contributed by atoms with Gasteiger partial charge in [-0.25, -0.2) is 14.8 Å². The number of amides is 1. The van der Waals surface area contributed by atoms with E-state index in [1.807, 2.05) is 60.7 Å². The van der Waals surface area contributed by atoms with Gasteiger partial charge >= 0.3 is 6.09 Å². The molecule has 0 aliphatic carbocycles. The highest BCUT2D eigenvalue weighted by Gasteiger charge is 2.25. The van der Waals surface area contributed by atoms with Gasteiger partial charge in [-0.15, -0.1) is 0 Å². The van der Waals surface area contributed by atoms with Crippen molar-refractivity contribution in [3.05, 3.63) is 108 Å². The molecule has 8 heteroatoms. The number of carbonyl (C=O) groups excluding carboxylic acids is 1. The summed E-state index contributed by atoms with van der Waals surface area (Å²) < 4.78 is 5.48. The summed E-state index contributed by atoms with van der Waals surface area (Å²) in [6.45, 7) is 0.965. The summed E-state index contributed by atoms with van der Waals surface area (Å²) in [5.41, 5.74) is 10.9. The molecule has 4 aromatic rings. The van der Waals surface area contributed by atoms with Crippen LogP contribution in [0, 0.1) is 5.41 Å². The molecule has 2 heterocycles. The van der Waals surface area contributed by atoms with Crippen LogP contribution in [0.5, 0.6) is 5.75 Å². The fraction of sp³-hybridized carbons (Fsp3) is 0.0714. The highest BCUT2D eigenvalue weighted by molar-refractivity contribution is 6.08. The van der Waals surface area contributed by atoms with Crippen LogP contribution < -0.4 is 15.8 Å². The maximum Gasteiger partial charge on any atom is 0.415 e. The third-order valence-electron chi connectivity index (χ3n) is 5.87. The van der Waals surface area contributed by atoms with Crippen LogP contribution in [-0.4, -0.2) is 27.2 Å². The standard InChI is InChI=1S/C28H24N6O2/c29-15-23(16-30)19-8-10-24(11-9-19)32-26-12-13-31-27(33-26)20-6-7-21-17-34(18-22(21)14-20)28(35)36-25-4-2-1-3-5-25/h1-16,29H,17-18,30H2,(H,31,32,33)/b23-16+,29-15?. The summed E-state index contributed by atoms with van der Waals surface area (Å²) in [5.74, 6) is 1.77. The van der Waals surface area contributed by atoms with Crippen LogP contribution in [0.4, 0.5) is 16.3 Å². The number of allylic oxidation sites excluding steroid dienone is 1. The molecule has 0 saturated carbocycles. The molecule has 0 saturated heterocycles. The van der Waals surface area contributed by atoms with E-state index in [-0.39, 0.29) is 6.09 Å². The van der Waals surface area contributed by atoms with E-state index in [4.69, 9.17) is 15.9 Å². The normalized spacial score (nSPS) is 12.7. The molecule has 0 radical (unpaired) electrons. The Kier molecular flexibility index (Phi) is 6.40. The molecule has 0 unspecified atom stereocenters. The first-order valence-electron chi connectivity index (χ1n) is 11.4. The number of hydrogen-bond donors (Lipinski definition) is 3. The minimum absolute atomic E-state index is 0.373. The molecule has 0 spiro atoms. The van der Waals surface area contributed by atoms with Crippen molar-refractivity contribution in [2.75, 3.05) is 5.32 Å². The number of fused-ring (bicyclic) bond motifs is 1. The number of aromatic nitrogens is 2. The summed E-state index contributed by atoms with van der Waals surface area (Å²) >= 11 is 0. The number of anilines is 2. The summed E-state index contributed by atoms with van der Waals surface area (Å²) in [7, 11) is 0. The number of nitrogens with one attached hydrogen (secondary N) is 2. The van der Waals surface area contributed by atoms with Crippen molar-refractivity contribution >= 4 is 29.4 Å². The Balaban J connectivity index is 1.28. The lowest BCUT2D eigenvalue weighted by atomic mass is 10.1. The van der Waals surface area contributed by atoms with Crippen LogP contribution in [0.3, 0.4) is 0 Å². The van der Waals surface area contributed by atoms with Crippen molar-refractivity contribution in [2.24, 2.45) is 5.73 Å². The summed E-state index contributed by atoms with van der Waals surface area (Å²) in [5, 5.41) is 10.7. The molecule has 1 aromatic heterocycles. The van der Waals surface area contributed by atoms with Gasteiger partial charge in [0, 0.05) is 48.5 Å². The highest BCUT2D eigenvalue weighted by atomic mass is 16.6. The second-order valence-electron chi connectivity index (χ2n) is 8.25. The van der Waals surface area contributed by atoms with Crippen molar-refractivity contribution in [1.82, 2.24) is 14.9 Å². The minimum Gasteiger partial charge on any atom is -0.410 e. The van der Waals surface area contributed by atoms with Gasteiger partial charge in [0.2, 0.25) is 0 Å². The van der Waals surface area contributed by atoms with Gasteiger partial charge in [-0.2, -0.15) is 0 Å². The molecule has 0 bridgehead atoms. The number of para-hydroxylation sites is 1. The number of ether oxygens (including phenoxy) is 1. The number of rotatable bonds is 6. The average molecular weight is 477 g/mol. The molecule has 1 aliphatic rings. The molecular weight excluding hydrogens is 452 g/mol. The Hall–Kier alpha value is -4.98. The van der Waals surface area contributed by atoms with Crippen LogP contribution in [0.2, 0.25) is 0 Å². The molecule has 178 valence electrons. The fourth-order valence-electron chi connectivity index (χ4n) is 4.01. The average Bonchev–Trinajstić information content (AvgIpc) is 3.35. The molecule has 1 amide bonds. The lowest BCUT2D eigenvalue weighted by Crippen LogP contribution is -2.28. The van der Waals surface area contributed by atoms with E-state index < -0.39 is 0 Å². The topological polar surface area (TPSA) is 117 Å². The van der Waals surface area contributed by atoms with Gasteiger partial charge in [0.05, 0.1) is 0 Å². The second-order valence-corrected chi connectivity index (χ2v) is 8.25. The van der Waals surface area contributed by atoms with E-state index in [1.54, 1.807) is 29.3 Å². The third kappa shape index (κ3) is 4.92.